The molecule has 0 bridgehead atoms. The zero-order valence-electron chi connectivity index (χ0n) is 24.6. The number of hydrogen-bond acceptors (Lipinski definition) is 7. The van der Waals surface area contributed by atoms with Gasteiger partial charge in [-0.2, -0.15) is 5.10 Å². The summed E-state index contributed by atoms with van der Waals surface area (Å²) in [4.78, 5) is 26.6. The number of methoxy groups -OCH3 is 1. The smallest absolute Gasteiger partial charge is 0.246 e. The molecular weight excluding hydrogens is 582 g/mol. The minimum atomic E-state index is -0.758. The van der Waals surface area contributed by atoms with Crippen molar-refractivity contribution in [2.45, 2.75) is 32.5 Å². The van der Waals surface area contributed by atoms with E-state index in [1.54, 1.807) is 4.90 Å². The number of rotatable bonds is 5. The molecule has 0 saturated heterocycles. The average molecular weight is 613 g/mol. The van der Waals surface area contributed by atoms with Gasteiger partial charge in [0.2, 0.25) is 5.91 Å². The molecule has 44 heavy (non-hydrogen) atoms. The summed E-state index contributed by atoms with van der Waals surface area (Å²) < 4.78 is 38.3. The lowest BCUT2D eigenvalue weighted by Gasteiger charge is -2.33. The molecule has 7 rings (SSSR count). The van der Waals surface area contributed by atoms with Crippen LogP contribution in [0.1, 0.15) is 29.9 Å². The van der Waals surface area contributed by atoms with E-state index in [9.17, 15) is 9.18 Å². The number of carbonyl (C=O) groups is 1. The molecule has 0 fully saturated rings. The molecule has 0 spiro atoms. The largest absolute Gasteiger partial charge is 0.496 e. The van der Waals surface area contributed by atoms with Crippen molar-refractivity contribution in [3.05, 3.63) is 83.1 Å². The summed E-state index contributed by atoms with van der Waals surface area (Å²) in [7, 11) is 3.48. The fourth-order valence-electron chi connectivity index (χ4n) is 6.35. The second-order valence-electron chi connectivity index (χ2n) is 11.2. The van der Waals surface area contributed by atoms with Crippen LogP contribution in [0, 0.1) is 11.6 Å². The van der Waals surface area contributed by atoms with Crippen LogP contribution in [0.15, 0.2) is 54.6 Å². The second-order valence-corrected chi connectivity index (χ2v) is 12.1. The SMILES string of the molecule is C=CC(=O)N1CCn2nc(-c3nc(-c4cnc5c(c4)CN(C)CC5)c4ccsc4c3-c3c(F)cc(F)cc3OC)cc2C1C. The number of benzene rings is 1. The first-order valence-electron chi connectivity index (χ1n) is 14.4. The highest BCUT2D eigenvalue weighted by Crippen LogP contribution is 2.47. The van der Waals surface area contributed by atoms with Crippen molar-refractivity contribution in [1.29, 1.82) is 0 Å². The first-order valence-corrected chi connectivity index (χ1v) is 15.3. The molecule has 4 aromatic heterocycles. The summed E-state index contributed by atoms with van der Waals surface area (Å²) in [5.74, 6) is -1.59. The summed E-state index contributed by atoms with van der Waals surface area (Å²) in [6, 6.07) is 7.78. The van der Waals surface area contributed by atoms with E-state index in [1.165, 1.54) is 30.6 Å². The zero-order valence-corrected chi connectivity index (χ0v) is 25.4. The number of amides is 1. The molecule has 5 aromatic rings. The van der Waals surface area contributed by atoms with Crippen LogP contribution in [0.25, 0.3) is 43.9 Å². The lowest BCUT2D eigenvalue weighted by Crippen LogP contribution is -2.40. The molecule has 6 heterocycles. The Morgan fingerprint density at radius 3 is 2.77 bits per heavy atom. The number of fused-ring (bicyclic) bond motifs is 3. The van der Waals surface area contributed by atoms with Crippen LogP contribution >= 0.6 is 11.3 Å². The van der Waals surface area contributed by atoms with Crippen LogP contribution in [0.2, 0.25) is 0 Å². The van der Waals surface area contributed by atoms with Crippen LogP contribution in [0.5, 0.6) is 5.75 Å². The molecule has 1 unspecified atom stereocenters. The first kappa shape index (κ1) is 28.3. The van der Waals surface area contributed by atoms with Gasteiger partial charge in [0.1, 0.15) is 28.8 Å². The Morgan fingerprint density at radius 2 is 1.98 bits per heavy atom. The third-order valence-electron chi connectivity index (χ3n) is 8.56. The highest BCUT2D eigenvalue weighted by Gasteiger charge is 2.31. The normalized spacial score (nSPS) is 16.6. The maximum absolute atomic E-state index is 15.8. The van der Waals surface area contributed by atoms with Gasteiger partial charge in [-0.05, 0) is 49.2 Å². The van der Waals surface area contributed by atoms with Crippen LogP contribution in [0.4, 0.5) is 8.78 Å². The van der Waals surface area contributed by atoms with E-state index < -0.39 is 11.6 Å². The lowest BCUT2D eigenvalue weighted by atomic mass is 9.95. The predicted molar refractivity (Wildman–Crippen MR) is 166 cm³/mol. The van der Waals surface area contributed by atoms with Crippen molar-refractivity contribution < 1.29 is 18.3 Å². The number of hydrogen-bond donors (Lipinski definition) is 0. The van der Waals surface area contributed by atoms with Crippen molar-refractivity contribution in [3.8, 4) is 39.5 Å². The maximum Gasteiger partial charge on any atom is 0.246 e. The molecule has 224 valence electrons. The Morgan fingerprint density at radius 1 is 1.14 bits per heavy atom. The summed E-state index contributed by atoms with van der Waals surface area (Å²) in [6.07, 6.45) is 4.05. The summed E-state index contributed by atoms with van der Waals surface area (Å²) >= 11 is 1.45. The van der Waals surface area contributed by atoms with Crippen molar-refractivity contribution in [2.24, 2.45) is 0 Å². The molecule has 1 aromatic carbocycles. The van der Waals surface area contributed by atoms with Crippen LogP contribution in [-0.2, 0) is 24.3 Å². The number of pyridine rings is 2. The third kappa shape index (κ3) is 4.58. The fraction of sp³-hybridized carbons (Fsp3) is 0.273. The molecule has 1 atom stereocenters. The summed E-state index contributed by atoms with van der Waals surface area (Å²) in [5.41, 5.74) is 6.15. The number of thiophene rings is 1. The molecule has 1 amide bonds. The second kappa shape index (κ2) is 10.9. The zero-order chi connectivity index (χ0) is 30.7. The predicted octanol–water partition coefficient (Wildman–Crippen LogP) is 6.25. The van der Waals surface area contributed by atoms with E-state index in [0.717, 1.165) is 58.2 Å². The monoisotopic (exact) mass is 612 g/mol. The van der Waals surface area contributed by atoms with Crippen molar-refractivity contribution in [2.75, 3.05) is 27.2 Å². The van der Waals surface area contributed by atoms with E-state index in [-0.39, 0.29) is 23.3 Å². The van der Waals surface area contributed by atoms with Crippen LogP contribution in [0.3, 0.4) is 0 Å². The highest BCUT2D eigenvalue weighted by atomic mass is 32.1. The number of nitrogens with zero attached hydrogens (tertiary/aromatic N) is 6. The minimum absolute atomic E-state index is 0.0616. The third-order valence-corrected chi connectivity index (χ3v) is 9.49. The standard InChI is InChI=1S/C33H30F2N6O2S/c1-5-28(42)40-9-10-41-26(18(40)2)15-25(38-41)32-30(29-23(35)13-21(34)14-27(29)43-4)33-22(7-11-44-33)31(37-32)19-12-20-17-39(3)8-6-24(20)36-16-19/h5,7,11-16,18H,1,6,8-10,17H2,2-4H3. The first-order chi connectivity index (χ1) is 21.3. The Kier molecular flexibility index (Phi) is 7.01. The molecule has 0 saturated carbocycles. The van der Waals surface area contributed by atoms with Gasteiger partial charge in [-0.15, -0.1) is 11.3 Å². The number of likely N-dealkylation sites (N-methyl/N-ethyl adjacent to an activating group) is 1. The Bertz CT molecular complexity index is 1970. The number of ether oxygens (including phenoxy) is 1. The number of aromatic nitrogens is 4. The van der Waals surface area contributed by atoms with Crippen LogP contribution < -0.4 is 4.74 Å². The van der Waals surface area contributed by atoms with Gasteiger partial charge in [-0.1, -0.05) is 6.58 Å². The van der Waals surface area contributed by atoms with Crippen molar-refractivity contribution in [3.63, 3.8) is 0 Å². The molecule has 0 radical (unpaired) electrons. The summed E-state index contributed by atoms with van der Waals surface area (Å²) in [6.45, 7) is 8.29. The van der Waals surface area contributed by atoms with Gasteiger partial charge in [-0.25, -0.2) is 13.8 Å². The summed E-state index contributed by atoms with van der Waals surface area (Å²) in [5, 5.41) is 7.69. The average Bonchev–Trinajstić information content (AvgIpc) is 3.68. The van der Waals surface area contributed by atoms with Crippen LogP contribution in [-0.4, -0.2) is 62.7 Å². The molecule has 0 aliphatic carbocycles. The van der Waals surface area contributed by atoms with Gasteiger partial charge in [0.25, 0.3) is 0 Å². The van der Waals surface area contributed by atoms with E-state index in [0.29, 0.717) is 35.7 Å². The quantitative estimate of drug-likeness (QED) is 0.219. The van der Waals surface area contributed by atoms with Gasteiger partial charge in [-0.3, -0.25) is 14.5 Å². The van der Waals surface area contributed by atoms with E-state index in [2.05, 4.69) is 24.6 Å². The molecule has 11 heteroatoms. The molecule has 0 N–H and O–H groups in total. The van der Waals surface area contributed by atoms with E-state index >= 15 is 4.39 Å². The van der Waals surface area contributed by atoms with E-state index in [4.69, 9.17) is 19.8 Å². The van der Waals surface area contributed by atoms with Crippen molar-refractivity contribution >= 4 is 27.3 Å². The topological polar surface area (TPSA) is 76.4 Å². The Balaban J connectivity index is 1.50. The minimum Gasteiger partial charge on any atom is -0.496 e. The van der Waals surface area contributed by atoms with Gasteiger partial charge < -0.3 is 14.5 Å². The lowest BCUT2D eigenvalue weighted by molar-refractivity contribution is -0.129. The molecule has 2 aliphatic rings. The molecule has 2 aliphatic heterocycles. The Labute approximate surface area is 257 Å². The number of halogens is 2. The fourth-order valence-corrected chi connectivity index (χ4v) is 7.30. The highest BCUT2D eigenvalue weighted by molar-refractivity contribution is 7.18. The Hall–Kier alpha value is -4.48. The van der Waals surface area contributed by atoms with E-state index in [1.807, 2.05) is 35.3 Å². The van der Waals surface area contributed by atoms with Gasteiger partial charge >= 0.3 is 0 Å². The van der Waals surface area contributed by atoms with Gasteiger partial charge in [0.15, 0.2) is 0 Å². The maximum atomic E-state index is 15.8. The molecular formula is C33H30F2N6O2S. The molecule has 8 nitrogen and oxygen atoms in total. The van der Waals surface area contributed by atoms with Gasteiger partial charge in [0.05, 0.1) is 36.6 Å². The number of carbonyl (C=O) groups excluding carboxylic acids is 1. The van der Waals surface area contributed by atoms with Gasteiger partial charge in [0, 0.05) is 71.3 Å². The van der Waals surface area contributed by atoms with Crippen molar-refractivity contribution in [1.82, 2.24) is 29.5 Å².